The first-order valence-corrected chi connectivity index (χ1v) is 9.72. The van der Waals surface area contributed by atoms with Gasteiger partial charge in [-0.25, -0.2) is 4.79 Å². The fourth-order valence-corrected chi connectivity index (χ4v) is 3.08. The molecule has 0 atom stereocenters. The molecule has 0 saturated carbocycles. The standard InChI is InChI=1S/C24H22N2O6/c1-26(14-16-7-3-4-9-21(16)32-15-22(27)28)24(30)18-11-17(12-19(13-18)31-2)23(29)20-8-5-6-10-25-20/h3-13H,14-15H2,1-2H3,(H,27,28). The van der Waals surface area contributed by atoms with Crippen LogP contribution in [0.2, 0.25) is 0 Å². The van der Waals surface area contributed by atoms with Gasteiger partial charge in [0.2, 0.25) is 5.78 Å². The number of carbonyl (C=O) groups excluding carboxylic acids is 2. The summed E-state index contributed by atoms with van der Waals surface area (Å²) < 4.78 is 10.6. The minimum absolute atomic E-state index is 0.176. The van der Waals surface area contributed by atoms with Crippen molar-refractivity contribution in [3.05, 3.63) is 89.2 Å². The molecule has 8 heteroatoms. The van der Waals surface area contributed by atoms with Crippen molar-refractivity contribution in [3.8, 4) is 11.5 Å². The van der Waals surface area contributed by atoms with Crippen LogP contribution >= 0.6 is 0 Å². The van der Waals surface area contributed by atoms with E-state index in [9.17, 15) is 14.4 Å². The van der Waals surface area contributed by atoms with Crippen LogP contribution in [0.5, 0.6) is 11.5 Å². The highest BCUT2D eigenvalue weighted by molar-refractivity contribution is 6.09. The Hall–Kier alpha value is -4.20. The van der Waals surface area contributed by atoms with Crippen molar-refractivity contribution in [1.82, 2.24) is 9.88 Å². The van der Waals surface area contributed by atoms with E-state index in [0.29, 0.717) is 17.1 Å². The summed E-state index contributed by atoms with van der Waals surface area (Å²) in [6.07, 6.45) is 1.52. The number of amides is 1. The van der Waals surface area contributed by atoms with Crippen LogP contribution in [0.15, 0.2) is 66.9 Å². The van der Waals surface area contributed by atoms with E-state index in [1.807, 2.05) is 0 Å². The number of para-hydroxylation sites is 1. The number of hydrogen-bond donors (Lipinski definition) is 1. The number of methoxy groups -OCH3 is 1. The van der Waals surface area contributed by atoms with Crippen LogP contribution < -0.4 is 9.47 Å². The molecule has 8 nitrogen and oxygen atoms in total. The summed E-state index contributed by atoms with van der Waals surface area (Å²) >= 11 is 0. The van der Waals surface area contributed by atoms with Crippen LogP contribution in [-0.2, 0) is 11.3 Å². The van der Waals surface area contributed by atoms with Crippen LogP contribution in [0.4, 0.5) is 0 Å². The van der Waals surface area contributed by atoms with E-state index in [2.05, 4.69) is 4.98 Å². The SMILES string of the molecule is COc1cc(C(=O)c2ccccn2)cc(C(=O)N(C)Cc2ccccc2OCC(=O)O)c1. The highest BCUT2D eigenvalue weighted by atomic mass is 16.5. The number of carboxylic acids is 1. The monoisotopic (exact) mass is 434 g/mol. The minimum Gasteiger partial charge on any atom is -0.497 e. The molecule has 1 heterocycles. The molecule has 0 aliphatic heterocycles. The smallest absolute Gasteiger partial charge is 0.341 e. The topological polar surface area (TPSA) is 106 Å². The van der Waals surface area contributed by atoms with Gasteiger partial charge in [0.05, 0.1) is 7.11 Å². The molecule has 1 N–H and O–H groups in total. The molecule has 0 saturated heterocycles. The first-order chi connectivity index (χ1) is 15.4. The van der Waals surface area contributed by atoms with Gasteiger partial charge in [-0.2, -0.15) is 0 Å². The molecular weight excluding hydrogens is 412 g/mol. The van der Waals surface area contributed by atoms with Gasteiger partial charge < -0.3 is 19.5 Å². The van der Waals surface area contributed by atoms with Crippen LogP contribution in [0.25, 0.3) is 0 Å². The third-order valence-electron chi connectivity index (χ3n) is 4.63. The number of ketones is 1. The van der Waals surface area contributed by atoms with E-state index in [0.717, 1.165) is 0 Å². The highest BCUT2D eigenvalue weighted by Gasteiger charge is 2.19. The van der Waals surface area contributed by atoms with Crippen molar-refractivity contribution in [2.45, 2.75) is 6.54 Å². The zero-order valence-corrected chi connectivity index (χ0v) is 17.6. The third kappa shape index (κ3) is 5.48. The maximum Gasteiger partial charge on any atom is 0.341 e. The van der Waals surface area contributed by atoms with E-state index >= 15 is 0 Å². The van der Waals surface area contributed by atoms with Gasteiger partial charge in [-0.1, -0.05) is 24.3 Å². The lowest BCUT2D eigenvalue weighted by atomic mass is 10.0. The number of rotatable bonds is 9. The Bertz CT molecular complexity index is 1130. The second-order valence-corrected chi connectivity index (χ2v) is 6.95. The Morgan fingerprint density at radius 1 is 1.00 bits per heavy atom. The first kappa shape index (κ1) is 22.5. The predicted octanol–water partition coefficient (Wildman–Crippen LogP) is 3.06. The second kappa shape index (κ2) is 10.2. The molecule has 1 aromatic heterocycles. The number of carboxylic acid groups (broad SMARTS) is 1. The maximum absolute atomic E-state index is 13.1. The molecule has 0 spiro atoms. The van der Waals surface area contributed by atoms with Crippen molar-refractivity contribution in [3.63, 3.8) is 0 Å². The van der Waals surface area contributed by atoms with Gasteiger partial charge >= 0.3 is 5.97 Å². The number of aliphatic carboxylic acids is 1. The first-order valence-electron chi connectivity index (χ1n) is 9.72. The molecule has 0 aliphatic rings. The molecular formula is C24H22N2O6. The number of nitrogens with zero attached hydrogens (tertiary/aromatic N) is 2. The van der Waals surface area contributed by atoms with Gasteiger partial charge in [-0.3, -0.25) is 14.6 Å². The highest BCUT2D eigenvalue weighted by Crippen LogP contribution is 2.23. The van der Waals surface area contributed by atoms with E-state index < -0.39 is 12.6 Å². The average molecular weight is 434 g/mol. The minimum atomic E-state index is -1.09. The Morgan fingerprint density at radius 3 is 2.41 bits per heavy atom. The summed E-state index contributed by atoms with van der Waals surface area (Å²) in [5.74, 6) is -1.01. The zero-order valence-electron chi connectivity index (χ0n) is 17.6. The molecule has 0 radical (unpaired) electrons. The average Bonchev–Trinajstić information content (AvgIpc) is 2.82. The van der Waals surface area contributed by atoms with Gasteiger partial charge in [0.1, 0.15) is 17.2 Å². The van der Waals surface area contributed by atoms with Gasteiger partial charge in [0, 0.05) is 36.5 Å². The lowest BCUT2D eigenvalue weighted by Gasteiger charge is -2.20. The van der Waals surface area contributed by atoms with Crippen LogP contribution in [0.1, 0.15) is 32.0 Å². The summed E-state index contributed by atoms with van der Waals surface area (Å²) in [6.45, 7) is -0.307. The van der Waals surface area contributed by atoms with E-state index in [1.54, 1.807) is 61.6 Å². The Kier molecular flexibility index (Phi) is 7.17. The van der Waals surface area contributed by atoms with Crippen LogP contribution in [0.3, 0.4) is 0 Å². The van der Waals surface area contributed by atoms with Crippen molar-refractivity contribution in [2.75, 3.05) is 20.8 Å². The Labute approximate surface area is 185 Å². The maximum atomic E-state index is 13.1. The van der Waals surface area contributed by atoms with E-state index in [1.165, 1.54) is 24.3 Å². The summed E-state index contributed by atoms with van der Waals surface area (Å²) in [5.41, 5.74) is 1.47. The fraction of sp³-hybridized carbons (Fsp3) is 0.167. The van der Waals surface area contributed by atoms with Crippen molar-refractivity contribution >= 4 is 17.7 Å². The molecule has 3 aromatic rings. The summed E-state index contributed by atoms with van der Waals surface area (Å²) in [5, 5.41) is 8.85. The Balaban J connectivity index is 1.84. The number of benzene rings is 2. The number of ether oxygens (including phenoxy) is 2. The number of aromatic nitrogens is 1. The van der Waals surface area contributed by atoms with Crippen LogP contribution in [0, 0.1) is 0 Å². The molecule has 1 amide bonds. The fourth-order valence-electron chi connectivity index (χ4n) is 3.08. The molecule has 0 bridgehead atoms. The molecule has 0 aliphatic carbocycles. The van der Waals surface area contributed by atoms with Gasteiger partial charge in [-0.05, 0) is 36.4 Å². The molecule has 164 valence electrons. The molecule has 0 fully saturated rings. The number of hydrogen-bond acceptors (Lipinski definition) is 6. The van der Waals surface area contributed by atoms with Crippen molar-refractivity contribution in [2.24, 2.45) is 0 Å². The lowest BCUT2D eigenvalue weighted by Crippen LogP contribution is -2.27. The second-order valence-electron chi connectivity index (χ2n) is 6.95. The van der Waals surface area contributed by atoms with Gasteiger partial charge in [0.25, 0.3) is 5.91 Å². The van der Waals surface area contributed by atoms with E-state index in [4.69, 9.17) is 14.6 Å². The summed E-state index contributed by atoms with van der Waals surface area (Å²) in [7, 11) is 3.06. The largest absolute Gasteiger partial charge is 0.497 e. The quantitative estimate of drug-likeness (QED) is 0.516. The summed E-state index contributed by atoms with van der Waals surface area (Å²) in [4.78, 5) is 42.3. The van der Waals surface area contributed by atoms with Crippen molar-refractivity contribution < 1.29 is 29.0 Å². The van der Waals surface area contributed by atoms with E-state index in [-0.39, 0.29) is 35.1 Å². The number of pyridine rings is 1. The lowest BCUT2D eigenvalue weighted by molar-refractivity contribution is -0.139. The predicted molar refractivity (Wildman–Crippen MR) is 116 cm³/mol. The summed E-state index contributed by atoms with van der Waals surface area (Å²) in [6, 6.07) is 16.5. The molecule has 3 rings (SSSR count). The van der Waals surface area contributed by atoms with Crippen molar-refractivity contribution in [1.29, 1.82) is 0 Å². The number of carbonyl (C=O) groups is 3. The third-order valence-corrected chi connectivity index (χ3v) is 4.63. The Morgan fingerprint density at radius 2 is 1.72 bits per heavy atom. The molecule has 0 unspecified atom stereocenters. The normalized spacial score (nSPS) is 10.3. The molecule has 32 heavy (non-hydrogen) atoms. The zero-order chi connectivity index (χ0) is 23.1. The molecule has 2 aromatic carbocycles. The van der Waals surface area contributed by atoms with Gasteiger partial charge in [-0.15, -0.1) is 0 Å². The van der Waals surface area contributed by atoms with Gasteiger partial charge in [0.15, 0.2) is 6.61 Å². The van der Waals surface area contributed by atoms with Crippen LogP contribution in [-0.4, -0.2) is 53.4 Å².